The lowest BCUT2D eigenvalue weighted by Gasteiger charge is -2.31. The second kappa shape index (κ2) is 10.5. The minimum atomic E-state index is -0.0878. The first kappa shape index (κ1) is 22.1. The molecule has 7 heteroatoms. The molecule has 7 nitrogen and oxygen atoms in total. The van der Waals surface area contributed by atoms with Gasteiger partial charge in [-0.1, -0.05) is 68.7 Å². The number of benzene rings is 2. The number of nitrogens with zero attached hydrogens (tertiary/aromatic N) is 4. The van der Waals surface area contributed by atoms with E-state index in [2.05, 4.69) is 63.4 Å². The molecule has 168 valence electrons. The van der Waals surface area contributed by atoms with Gasteiger partial charge in [-0.15, -0.1) is 5.10 Å². The monoisotopic (exact) mass is 432 g/mol. The molecule has 0 spiro atoms. The van der Waals surface area contributed by atoms with Crippen molar-refractivity contribution < 1.29 is 4.79 Å². The van der Waals surface area contributed by atoms with Crippen molar-refractivity contribution in [2.75, 3.05) is 6.54 Å². The summed E-state index contributed by atoms with van der Waals surface area (Å²) < 4.78 is 1.68. The lowest BCUT2D eigenvalue weighted by Crippen LogP contribution is -2.52. The summed E-state index contributed by atoms with van der Waals surface area (Å²) in [5.74, 6) is 0.196. The van der Waals surface area contributed by atoms with Gasteiger partial charge in [0.15, 0.2) is 0 Å². The van der Waals surface area contributed by atoms with E-state index >= 15 is 0 Å². The van der Waals surface area contributed by atoms with Crippen molar-refractivity contribution >= 4 is 5.91 Å². The van der Waals surface area contributed by atoms with Crippen LogP contribution >= 0.6 is 0 Å². The molecule has 4 rings (SSSR count). The molecule has 1 aliphatic carbocycles. The number of carbonyl (C=O) groups excluding carboxylic acids is 1. The van der Waals surface area contributed by atoms with Gasteiger partial charge in [0, 0.05) is 25.1 Å². The Kier molecular flexibility index (Phi) is 7.27. The summed E-state index contributed by atoms with van der Waals surface area (Å²) >= 11 is 0. The molecule has 0 aliphatic heterocycles. The second-order valence-electron chi connectivity index (χ2n) is 8.71. The largest absolute Gasteiger partial charge is 0.349 e. The number of rotatable bonds is 10. The smallest absolute Gasteiger partial charge is 0.220 e. The van der Waals surface area contributed by atoms with Gasteiger partial charge in [-0.2, -0.15) is 4.68 Å². The van der Waals surface area contributed by atoms with Crippen LogP contribution in [0.5, 0.6) is 0 Å². The molecule has 2 aromatic carbocycles. The van der Waals surface area contributed by atoms with Crippen LogP contribution < -0.4 is 10.6 Å². The Labute approximate surface area is 189 Å². The zero-order valence-corrected chi connectivity index (χ0v) is 18.8. The van der Waals surface area contributed by atoms with E-state index in [9.17, 15) is 4.79 Å². The first-order valence-corrected chi connectivity index (χ1v) is 11.6. The van der Waals surface area contributed by atoms with Gasteiger partial charge in [0.05, 0.1) is 11.2 Å². The van der Waals surface area contributed by atoms with Gasteiger partial charge in [0.25, 0.3) is 0 Å². The van der Waals surface area contributed by atoms with E-state index in [0.717, 1.165) is 55.6 Å². The molecule has 32 heavy (non-hydrogen) atoms. The summed E-state index contributed by atoms with van der Waals surface area (Å²) in [4.78, 5) is 12.3. The molecular weight excluding hydrogens is 400 g/mol. The van der Waals surface area contributed by atoms with E-state index in [0.29, 0.717) is 6.42 Å². The molecule has 1 fully saturated rings. The zero-order chi connectivity index (χ0) is 22.2. The Bertz CT molecular complexity index is 994. The molecule has 3 aromatic rings. The first-order valence-electron chi connectivity index (χ1n) is 11.6. The van der Waals surface area contributed by atoms with Crippen molar-refractivity contribution in [2.45, 2.75) is 64.0 Å². The topological polar surface area (TPSA) is 84.7 Å². The van der Waals surface area contributed by atoms with E-state index in [1.165, 1.54) is 18.4 Å². The molecule has 1 amide bonds. The lowest BCUT2D eigenvalue weighted by atomic mass is 9.96. The predicted molar refractivity (Wildman–Crippen MR) is 125 cm³/mol. The second-order valence-corrected chi connectivity index (χ2v) is 8.71. The third kappa shape index (κ3) is 5.40. The van der Waals surface area contributed by atoms with Crippen LogP contribution in [0, 0.1) is 0 Å². The van der Waals surface area contributed by atoms with Crippen molar-refractivity contribution in [1.82, 2.24) is 30.8 Å². The van der Waals surface area contributed by atoms with Crippen LogP contribution in [0.3, 0.4) is 0 Å². The van der Waals surface area contributed by atoms with Crippen LogP contribution in [0.4, 0.5) is 0 Å². The van der Waals surface area contributed by atoms with Crippen LogP contribution in [-0.2, 0) is 11.3 Å². The quantitative estimate of drug-likeness (QED) is 0.505. The molecule has 2 N–H and O–H groups in total. The fraction of sp³-hybridized carbons (Fsp3) is 0.440. The Hall–Kier alpha value is -3.06. The maximum Gasteiger partial charge on any atom is 0.220 e. The highest BCUT2D eigenvalue weighted by molar-refractivity contribution is 5.77. The number of amides is 1. The minimum absolute atomic E-state index is 0.0878. The van der Waals surface area contributed by atoms with Gasteiger partial charge in [-0.3, -0.25) is 4.79 Å². The summed E-state index contributed by atoms with van der Waals surface area (Å²) in [7, 11) is 0. The Morgan fingerprint density at radius 3 is 2.59 bits per heavy atom. The van der Waals surface area contributed by atoms with Gasteiger partial charge >= 0.3 is 0 Å². The molecule has 1 aromatic heterocycles. The molecule has 0 bridgehead atoms. The van der Waals surface area contributed by atoms with Crippen molar-refractivity contribution in [2.24, 2.45) is 0 Å². The van der Waals surface area contributed by atoms with Crippen molar-refractivity contribution in [3.63, 3.8) is 0 Å². The average Bonchev–Trinajstić information content (AvgIpc) is 3.51. The van der Waals surface area contributed by atoms with Crippen LogP contribution in [0.1, 0.15) is 57.4 Å². The number of hydrogen-bond donors (Lipinski definition) is 2. The maximum atomic E-state index is 12.3. The fourth-order valence-electron chi connectivity index (χ4n) is 4.53. The fourth-order valence-corrected chi connectivity index (χ4v) is 4.53. The predicted octanol–water partition coefficient (Wildman–Crippen LogP) is 4.04. The van der Waals surface area contributed by atoms with Gasteiger partial charge in [-0.05, 0) is 46.9 Å². The van der Waals surface area contributed by atoms with E-state index in [1.54, 1.807) is 11.0 Å². The molecule has 0 saturated heterocycles. The van der Waals surface area contributed by atoms with Gasteiger partial charge in [-0.25, -0.2) is 0 Å². The molecule has 1 heterocycles. The zero-order valence-electron chi connectivity index (χ0n) is 18.8. The molecular formula is C25H32N6O. The number of unbranched alkanes of at least 4 members (excludes halogenated alkanes) is 1. The van der Waals surface area contributed by atoms with Crippen molar-refractivity contribution in [3.8, 4) is 16.8 Å². The summed E-state index contributed by atoms with van der Waals surface area (Å²) in [5.41, 5.74) is 4.29. The van der Waals surface area contributed by atoms with Crippen LogP contribution in [-0.4, -0.2) is 38.2 Å². The number of nitrogens with one attached hydrogen (secondary N) is 2. The van der Waals surface area contributed by atoms with Crippen LogP contribution in [0.15, 0.2) is 54.9 Å². The highest BCUT2D eigenvalue weighted by atomic mass is 16.1. The van der Waals surface area contributed by atoms with E-state index < -0.39 is 0 Å². The summed E-state index contributed by atoms with van der Waals surface area (Å²) in [6.07, 6.45) is 8.74. The summed E-state index contributed by atoms with van der Waals surface area (Å²) in [6.45, 7) is 3.71. The summed E-state index contributed by atoms with van der Waals surface area (Å²) in [6, 6.07) is 16.7. The molecule has 1 saturated carbocycles. The lowest BCUT2D eigenvalue weighted by molar-refractivity contribution is -0.123. The van der Waals surface area contributed by atoms with Gasteiger partial charge in [0.2, 0.25) is 5.91 Å². The SMILES string of the molecule is CCCCC(=O)NC1(CNCc2ccc(-c3ccccc3-n3cnnn3)cc2)CCCC1. The number of aromatic nitrogens is 4. The number of carbonyl (C=O) groups is 1. The number of tetrazole rings is 1. The van der Waals surface area contributed by atoms with Gasteiger partial charge in [0.1, 0.15) is 6.33 Å². The van der Waals surface area contributed by atoms with E-state index in [1.807, 2.05) is 18.2 Å². The molecule has 0 atom stereocenters. The van der Waals surface area contributed by atoms with Crippen molar-refractivity contribution in [3.05, 3.63) is 60.4 Å². The highest BCUT2D eigenvalue weighted by Crippen LogP contribution is 2.30. The minimum Gasteiger partial charge on any atom is -0.349 e. The number of para-hydroxylation sites is 1. The highest BCUT2D eigenvalue weighted by Gasteiger charge is 2.34. The Morgan fingerprint density at radius 1 is 1.09 bits per heavy atom. The van der Waals surface area contributed by atoms with Crippen molar-refractivity contribution in [1.29, 1.82) is 0 Å². The average molecular weight is 433 g/mol. The Balaban J connectivity index is 1.37. The Morgan fingerprint density at radius 2 is 1.88 bits per heavy atom. The molecule has 0 radical (unpaired) electrons. The van der Waals surface area contributed by atoms with E-state index in [4.69, 9.17) is 0 Å². The summed E-state index contributed by atoms with van der Waals surface area (Å²) in [5, 5.41) is 18.5. The standard InChI is InChI=1S/C25H32N6O/c1-2-3-10-24(32)28-25(15-6-7-16-25)18-26-17-20-11-13-21(14-12-20)22-8-4-5-9-23(22)31-19-27-29-30-31/h4-5,8-9,11-14,19,26H,2-3,6-7,10,15-18H2,1H3,(H,28,32). The number of hydrogen-bond acceptors (Lipinski definition) is 5. The third-order valence-electron chi connectivity index (χ3n) is 6.28. The maximum absolute atomic E-state index is 12.3. The van der Waals surface area contributed by atoms with E-state index in [-0.39, 0.29) is 11.4 Å². The third-order valence-corrected chi connectivity index (χ3v) is 6.28. The molecule has 1 aliphatic rings. The molecule has 0 unspecified atom stereocenters. The van der Waals surface area contributed by atoms with Crippen LogP contribution in [0.25, 0.3) is 16.8 Å². The van der Waals surface area contributed by atoms with Gasteiger partial charge < -0.3 is 10.6 Å². The van der Waals surface area contributed by atoms with Crippen LogP contribution in [0.2, 0.25) is 0 Å². The first-order chi connectivity index (χ1) is 15.7. The normalized spacial score (nSPS) is 15.0.